The first-order valence-electron chi connectivity index (χ1n) is 16.6. The van der Waals surface area contributed by atoms with Crippen molar-refractivity contribution in [2.45, 2.75) is 0 Å². The Morgan fingerprint density at radius 3 is 1.80 bits per heavy atom. The topological polar surface area (TPSA) is 38.9 Å². The molecule has 10 rings (SSSR count). The predicted octanol–water partition coefficient (Wildman–Crippen LogP) is 12.5. The first-order chi connectivity index (χ1) is 24.3. The van der Waals surface area contributed by atoms with Crippen LogP contribution in [0.1, 0.15) is 0 Å². The minimum absolute atomic E-state index is 0.672. The maximum Gasteiger partial charge on any atom is 0.160 e. The second kappa shape index (κ2) is 11.0. The summed E-state index contributed by atoms with van der Waals surface area (Å²) in [7, 11) is 0. The molecule has 0 N–H and O–H groups in total. The van der Waals surface area contributed by atoms with Gasteiger partial charge in [-0.25, -0.2) is 9.97 Å². The Labute approximate surface area is 282 Å². The van der Waals surface area contributed by atoms with Crippen molar-refractivity contribution in [3.05, 3.63) is 170 Å². The van der Waals surface area contributed by atoms with E-state index in [-0.39, 0.29) is 0 Å². The highest BCUT2D eigenvalue weighted by Gasteiger charge is 2.22. The lowest BCUT2D eigenvalue weighted by atomic mass is 9.85. The molecule has 0 spiro atoms. The zero-order valence-electron chi connectivity index (χ0n) is 26.5. The number of para-hydroxylation sites is 2. The number of benzene rings is 8. The summed E-state index contributed by atoms with van der Waals surface area (Å²) >= 11 is 0. The molecule has 0 unspecified atom stereocenters. The van der Waals surface area contributed by atoms with Gasteiger partial charge >= 0.3 is 0 Å². The van der Waals surface area contributed by atoms with Crippen molar-refractivity contribution in [1.29, 1.82) is 0 Å². The van der Waals surface area contributed by atoms with Gasteiger partial charge in [0, 0.05) is 32.8 Å². The molecule has 8 aromatic carbocycles. The summed E-state index contributed by atoms with van der Waals surface area (Å²) < 4.78 is 6.53. The number of hydrogen-bond donors (Lipinski definition) is 0. The fourth-order valence-electron chi connectivity index (χ4n) is 7.51. The van der Waals surface area contributed by atoms with Crippen LogP contribution in [0, 0.1) is 0 Å². The van der Waals surface area contributed by atoms with E-state index in [4.69, 9.17) is 14.4 Å². The third-order valence-electron chi connectivity index (χ3n) is 9.67. The summed E-state index contributed by atoms with van der Waals surface area (Å²) in [5.41, 5.74) is 8.79. The minimum Gasteiger partial charge on any atom is -0.455 e. The zero-order chi connectivity index (χ0) is 32.3. The molecule has 2 heterocycles. The Hall–Kier alpha value is -6.58. The third kappa shape index (κ3) is 4.37. The summed E-state index contributed by atoms with van der Waals surface area (Å²) in [5.74, 6) is 0.672. The molecule has 10 aromatic rings. The summed E-state index contributed by atoms with van der Waals surface area (Å²) in [6.45, 7) is 0. The number of rotatable bonds is 4. The Kier molecular flexibility index (Phi) is 6.18. The van der Waals surface area contributed by atoms with Gasteiger partial charge in [0.05, 0.1) is 11.4 Å². The highest BCUT2D eigenvalue weighted by molar-refractivity contribution is 6.27. The molecule has 0 amide bonds. The van der Waals surface area contributed by atoms with Gasteiger partial charge in [0.25, 0.3) is 0 Å². The van der Waals surface area contributed by atoms with Gasteiger partial charge < -0.3 is 4.42 Å². The van der Waals surface area contributed by atoms with Crippen molar-refractivity contribution in [2.24, 2.45) is 0 Å². The van der Waals surface area contributed by atoms with E-state index in [1.54, 1.807) is 0 Å². The normalized spacial score (nSPS) is 11.7. The predicted molar refractivity (Wildman–Crippen MR) is 204 cm³/mol. The van der Waals surface area contributed by atoms with Crippen LogP contribution in [0.4, 0.5) is 0 Å². The van der Waals surface area contributed by atoms with E-state index in [1.807, 2.05) is 30.3 Å². The van der Waals surface area contributed by atoms with Crippen LogP contribution >= 0.6 is 0 Å². The first-order valence-corrected chi connectivity index (χ1v) is 16.6. The van der Waals surface area contributed by atoms with Crippen molar-refractivity contribution in [1.82, 2.24) is 9.97 Å². The maximum absolute atomic E-state index is 6.53. The molecule has 0 atom stereocenters. The van der Waals surface area contributed by atoms with Gasteiger partial charge in [-0.3, -0.25) is 0 Å². The van der Waals surface area contributed by atoms with Crippen LogP contribution in [0.15, 0.2) is 174 Å². The lowest BCUT2D eigenvalue weighted by Gasteiger charge is -2.19. The molecule has 0 fully saturated rings. The van der Waals surface area contributed by atoms with E-state index in [0.717, 1.165) is 55.4 Å². The maximum atomic E-state index is 6.53. The van der Waals surface area contributed by atoms with Crippen LogP contribution in [-0.4, -0.2) is 9.97 Å². The monoisotopic (exact) mass is 624 g/mol. The van der Waals surface area contributed by atoms with Crippen molar-refractivity contribution >= 4 is 54.3 Å². The average molecular weight is 625 g/mol. The molecule has 0 aliphatic heterocycles. The minimum atomic E-state index is 0.672. The molecule has 0 aliphatic rings. The van der Waals surface area contributed by atoms with Gasteiger partial charge in [0.15, 0.2) is 5.82 Å². The number of fused-ring (bicyclic) bond motifs is 7. The number of nitrogens with zero attached hydrogens (tertiary/aromatic N) is 2. The summed E-state index contributed by atoms with van der Waals surface area (Å²) in [6, 6.07) is 59.6. The van der Waals surface area contributed by atoms with Crippen LogP contribution in [0.2, 0.25) is 0 Å². The van der Waals surface area contributed by atoms with Crippen molar-refractivity contribution < 1.29 is 4.42 Å². The Morgan fingerprint density at radius 1 is 0.388 bits per heavy atom. The standard InChI is InChI=1S/C46H28N2O/c1-3-15-30(16-4-1)42-34-21-9-10-22-35(34)44(43-32-19-8-7-14-29(32)26-27-38(42)43)40-28-39(47-46(48-40)31-17-5-2-6-18-31)37-24-13-23-36-33-20-11-12-25-41(33)49-45(36)37/h1-28H. The molecular formula is C46H28N2O. The van der Waals surface area contributed by atoms with Crippen molar-refractivity contribution in [3.8, 4) is 45.0 Å². The average Bonchev–Trinajstić information content (AvgIpc) is 3.56. The highest BCUT2D eigenvalue weighted by Crippen LogP contribution is 2.46. The summed E-state index contributed by atoms with van der Waals surface area (Å²) in [5, 5.41) is 9.26. The van der Waals surface area contributed by atoms with Crippen LogP contribution < -0.4 is 0 Å². The van der Waals surface area contributed by atoms with Crippen molar-refractivity contribution in [3.63, 3.8) is 0 Å². The van der Waals surface area contributed by atoms with Gasteiger partial charge in [-0.15, -0.1) is 0 Å². The summed E-state index contributed by atoms with van der Waals surface area (Å²) in [4.78, 5) is 10.6. The van der Waals surface area contributed by atoms with E-state index in [9.17, 15) is 0 Å². The van der Waals surface area contributed by atoms with Crippen LogP contribution in [-0.2, 0) is 0 Å². The molecule has 0 saturated carbocycles. The van der Waals surface area contributed by atoms with Gasteiger partial charge in [-0.2, -0.15) is 0 Å². The first kappa shape index (κ1) is 27.5. The fraction of sp³-hybridized carbons (Fsp3) is 0. The molecule has 0 aliphatic carbocycles. The molecule has 0 saturated heterocycles. The SMILES string of the molecule is c1ccc(-c2nc(-c3cccc4c3oc3ccccc34)cc(-c3c4ccccc4c(-c4ccccc4)c4ccc5ccccc5c34)n2)cc1. The molecular weight excluding hydrogens is 597 g/mol. The van der Waals surface area contributed by atoms with E-state index >= 15 is 0 Å². The second-order valence-corrected chi connectivity index (χ2v) is 12.5. The van der Waals surface area contributed by atoms with E-state index in [1.165, 1.54) is 38.1 Å². The molecule has 3 heteroatoms. The second-order valence-electron chi connectivity index (χ2n) is 12.5. The Balaban J connectivity index is 1.37. The van der Waals surface area contributed by atoms with Gasteiger partial charge in [0.1, 0.15) is 11.2 Å². The van der Waals surface area contributed by atoms with Crippen LogP contribution in [0.3, 0.4) is 0 Å². The van der Waals surface area contributed by atoms with E-state index in [0.29, 0.717) is 5.82 Å². The quantitative estimate of drug-likeness (QED) is 0.144. The van der Waals surface area contributed by atoms with Crippen molar-refractivity contribution in [2.75, 3.05) is 0 Å². The highest BCUT2D eigenvalue weighted by atomic mass is 16.3. The molecule has 2 aromatic heterocycles. The molecule has 3 nitrogen and oxygen atoms in total. The molecule has 0 radical (unpaired) electrons. The lowest BCUT2D eigenvalue weighted by Crippen LogP contribution is -1.98. The Bertz CT molecular complexity index is 2870. The number of aromatic nitrogens is 2. The van der Waals surface area contributed by atoms with Gasteiger partial charge in [0.2, 0.25) is 0 Å². The molecule has 0 bridgehead atoms. The molecule has 49 heavy (non-hydrogen) atoms. The number of hydrogen-bond acceptors (Lipinski definition) is 3. The lowest BCUT2D eigenvalue weighted by molar-refractivity contribution is 0.670. The smallest absolute Gasteiger partial charge is 0.160 e. The third-order valence-corrected chi connectivity index (χ3v) is 9.67. The van der Waals surface area contributed by atoms with E-state index in [2.05, 4.69) is 140 Å². The molecule has 228 valence electrons. The van der Waals surface area contributed by atoms with Crippen LogP contribution in [0.5, 0.6) is 0 Å². The van der Waals surface area contributed by atoms with Gasteiger partial charge in [-0.05, 0) is 56.3 Å². The number of furan rings is 1. The summed E-state index contributed by atoms with van der Waals surface area (Å²) in [6.07, 6.45) is 0. The van der Waals surface area contributed by atoms with E-state index < -0.39 is 0 Å². The fourth-order valence-corrected chi connectivity index (χ4v) is 7.51. The zero-order valence-corrected chi connectivity index (χ0v) is 26.5. The van der Waals surface area contributed by atoms with Gasteiger partial charge in [-0.1, -0.05) is 152 Å². The largest absolute Gasteiger partial charge is 0.455 e. The van der Waals surface area contributed by atoms with Crippen LogP contribution in [0.25, 0.3) is 99.3 Å². The Morgan fingerprint density at radius 2 is 1.00 bits per heavy atom.